The maximum Gasteiger partial charge on any atom is 0.0468 e. The number of rotatable bonds is 4. The standard InChI is InChI=1S/C9H14O/c1-3-4-5-6-9(2)7-8-10/h3-6,10H,1,7-8H2,2H3. The quantitative estimate of drug-likeness (QED) is 0.589. The molecule has 0 spiro atoms. The summed E-state index contributed by atoms with van der Waals surface area (Å²) in [5, 5.41) is 8.51. The largest absolute Gasteiger partial charge is 0.396 e. The van der Waals surface area contributed by atoms with Crippen molar-refractivity contribution in [3.05, 3.63) is 36.5 Å². The number of hydrogen-bond acceptors (Lipinski definition) is 1. The molecule has 0 amide bonds. The molecule has 0 aromatic heterocycles. The fraction of sp³-hybridized carbons (Fsp3) is 0.333. The van der Waals surface area contributed by atoms with E-state index in [1.54, 1.807) is 6.08 Å². The Morgan fingerprint density at radius 3 is 2.70 bits per heavy atom. The summed E-state index contributed by atoms with van der Waals surface area (Å²) in [7, 11) is 0. The van der Waals surface area contributed by atoms with Crippen molar-refractivity contribution in [3.63, 3.8) is 0 Å². The maximum atomic E-state index is 8.51. The molecule has 0 atom stereocenters. The molecule has 0 unspecified atom stereocenters. The Kier molecular flexibility index (Phi) is 5.79. The van der Waals surface area contributed by atoms with Gasteiger partial charge in [-0.1, -0.05) is 36.5 Å². The van der Waals surface area contributed by atoms with Crippen LogP contribution in [-0.4, -0.2) is 11.7 Å². The van der Waals surface area contributed by atoms with Gasteiger partial charge in [-0.2, -0.15) is 0 Å². The highest BCUT2D eigenvalue weighted by atomic mass is 16.2. The normalized spacial score (nSPS) is 12.4. The SMILES string of the molecule is C=CC=CC=C(C)CCO. The van der Waals surface area contributed by atoms with Crippen LogP contribution in [0.3, 0.4) is 0 Å². The zero-order chi connectivity index (χ0) is 7.82. The second-order valence-corrected chi connectivity index (χ2v) is 2.11. The third-order valence-electron chi connectivity index (χ3n) is 1.13. The molecule has 1 heteroatoms. The van der Waals surface area contributed by atoms with Crippen LogP contribution in [0.5, 0.6) is 0 Å². The number of hydrogen-bond donors (Lipinski definition) is 1. The monoisotopic (exact) mass is 138 g/mol. The van der Waals surface area contributed by atoms with Gasteiger partial charge in [0.25, 0.3) is 0 Å². The number of allylic oxidation sites excluding steroid dienone is 4. The van der Waals surface area contributed by atoms with Gasteiger partial charge >= 0.3 is 0 Å². The molecular formula is C9H14O. The van der Waals surface area contributed by atoms with E-state index in [1.807, 2.05) is 25.2 Å². The van der Waals surface area contributed by atoms with Gasteiger partial charge in [-0.15, -0.1) is 0 Å². The minimum absolute atomic E-state index is 0.226. The molecule has 1 N–H and O–H groups in total. The van der Waals surface area contributed by atoms with E-state index in [0.29, 0.717) is 0 Å². The summed E-state index contributed by atoms with van der Waals surface area (Å²) in [6.45, 7) is 5.75. The van der Waals surface area contributed by atoms with Gasteiger partial charge in [0.05, 0.1) is 0 Å². The summed E-state index contributed by atoms with van der Waals surface area (Å²) in [4.78, 5) is 0. The molecule has 1 nitrogen and oxygen atoms in total. The Morgan fingerprint density at radius 2 is 2.20 bits per heavy atom. The molecule has 10 heavy (non-hydrogen) atoms. The fourth-order valence-corrected chi connectivity index (χ4v) is 0.558. The minimum Gasteiger partial charge on any atom is -0.396 e. The van der Waals surface area contributed by atoms with Crippen molar-refractivity contribution in [1.29, 1.82) is 0 Å². The van der Waals surface area contributed by atoms with Crippen LogP contribution in [0.4, 0.5) is 0 Å². The molecule has 0 aromatic rings. The fourth-order valence-electron chi connectivity index (χ4n) is 0.558. The first-order valence-corrected chi connectivity index (χ1v) is 3.37. The lowest BCUT2D eigenvalue weighted by Crippen LogP contribution is -1.82. The van der Waals surface area contributed by atoms with Crippen LogP contribution in [0.1, 0.15) is 13.3 Å². The Hall–Kier alpha value is -0.820. The number of aliphatic hydroxyl groups is 1. The van der Waals surface area contributed by atoms with E-state index in [1.165, 1.54) is 5.57 Å². The lowest BCUT2D eigenvalue weighted by molar-refractivity contribution is 0.299. The maximum absolute atomic E-state index is 8.51. The van der Waals surface area contributed by atoms with Crippen molar-refractivity contribution in [1.82, 2.24) is 0 Å². The van der Waals surface area contributed by atoms with Gasteiger partial charge in [0.1, 0.15) is 0 Å². The van der Waals surface area contributed by atoms with E-state index in [-0.39, 0.29) is 6.61 Å². The predicted octanol–water partition coefficient (Wildman–Crippen LogP) is 2.06. The Labute approximate surface area is 62.4 Å². The van der Waals surface area contributed by atoms with Crippen LogP contribution in [0.15, 0.2) is 36.5 Å². The van der Waals surface area contributed by atoms with Gasteiger partial charge in [0.2, 0.25) is 0 Å². The lowest BCUT2D eigenvalue weighted by atomic mass is 10.2. The summed E-state index contributed by atoms with van der Waals surface area (Å²) >= 11 is 0. The molecule has 0 rings (SSSR count). The third kappa shape index (κ3) is 5.32. The van der Waals surface area contributed by atoms with Crippen LogP contribution in [0.2, 0.25) is 0 Å². The van der Waals surface area contributed by atoms with Crippen LogP contribution < -0.4 is 0 Å². The first-order valence-electron chi connectivity index (χ1n) is 3.37. The van der Waals surface area contributed by atoms with E-state index in [0.717, 1.165) is 6.42 Å². The first-order chi connectivity index (χ1) is 4.81. The average molecular weight is 138 g/mol. The second-order valence-electron chi connectivity index (χ2n) is 2.11. The highest BCUT2D eigenvalue weighted by molar-refractivity contribution is 5.13. The highest BCUT2D eigenvalue weighted by Gasteiger charge is 1.82. The lowest BCUT2D eigenvalue weighted by Gasteiger charge is -1.91. The van der Waals surface area contributed by atoms with E-state index in [9.17, 15) is 0 Å². The molecule has 0 fully saturated rings. The van der Waals surface area contributed by atoms with Gasteiger partial charge in [-0.05, 0) is 13.3 Å². The molecule has 0 radical (unpaired) electrons. The smallest absolute Gasteiger partial charge is 0.0468 e. The van der Waals surface area contributed by atoms with Gasteiger partial charge in [-0.3, -0.25) is 0 Å². The van der Waals surface area contributed by atoms with Crippen LogP contribution in [0.25, 0.3) is 0 Å². The van der Waals surface area contributed by atoms with E-state index in [2.05, 4.69) is 6.58 Å². The third-order valence-corrected chi connectivity index (χ3v) is 1.13. The van der Waals surface area contributed by atoms with Crippen LogP contribution in [0, 0.1) is 0 Å². The number of aliphatic hydroxyl groups excluding tert-OH is 1. The Morgan fingerprint density at radius 1 is 1.50 bits per heavy atom. The molecular weight excluding hydrogens is 124 g/mol. The Balaban J connectivity index is 3.67. The zero-order valence-corrected chi connectivity index (χ0v) is 6.38. The van der Waals surface area contributed by atoms with Gasteiger partial charge in [0, 0.05) is 6.61 Å². The summed E-state index contributed by atoms with van der Waals surface area (Å²) in [6, 6.07) is 0. The van der Waals surface area contributed by atoms with Crippen molar-refractivity contribution >= 4 is 0 Å². The van der Waals surface area contributed by atoms with Crippen molar-refractivity contribution in [2.24, 2.45) is 0 Å². The van der Waals surface area contributed by atoms with Gasteiger partial charge < -0.3 is 5.11 Å². The zero-order valence-electron chi connectivity index (χ0n) is 6.38. The molecule has 0 heterocycles. The van der Waals surface area contributed by atoms with E-state index in [4.69, 9.17) is 5.11 Å². The molecule has 0 aliphatic heterocycles. The van der Waals surface area contributed by atoms with E-state index < -0.39 is 0 Å². The summed E-state index contributed by atoms with van der Waals surface area (Å²) in [5.74, 6) is 0. The second kappa shape index (κ2) is 6.30. The van der Waals surface area contributed by atoms with E-state index >= 15 is 0 Å². The molecule has 56 valence electrons. The summed E-state index contributed by atoms with van der Waals surface area (Å²) < 4.78 is 0. The van der Waals surface area contributed by atoms with Gasteiger partial charge in [-0.25, -0.2) is 0 Å². The average Bonchev–Trinajstić information content (AvgIpc) is 1.89. The summed E-state index contributed by atoms with van der Waals surface area (Å²) in [6.07, 6.45) is 8.22. The molecule has 0 aliphatic carbocycles. The molecule has 0 aliphatic rings. The van der Waals surface area contributed by atoms with Crippen LogP contribution >= 0.6 is 0 Å². The van der Waals surface area contributed by atoms with Crippen molar-refractivity contribution < 1.29 is 5.11 Å². The molecule has 0 aromatic carbocycles. The summed E-state index contributed by atoms with van der Waals surface area (Å²) in [5.41, 5.74) is 1.18. The highest BCUT2D eigenvalue weighted by Crippen LogP contribution is 1.97. The van der Waals surface area contributed by atoms with Gasteiger partial charge in [0.15, 0.2) is 0 Å². The molecule has 0 saturated carbocycles. The molecule has 0 saturated heterocycles. The minimum atomic E-state index is 0.226. The molecule has 0 bridgehead atoms. The first kappa shape index (κ1) is 9.18. The Bertz CT molecular complexity index is 143. The van der Waals surface area contributed by atoms with Crippen molar-refractivity contribution in [3.8, 4) is 0 Å². The van der Waals surface area contributed by atoms with Crippen molar-refractivity contribution in [2.75, 3.05) is 6.61 Å². The van der Waals surface area contributed by atoms with Crippen molar-refractivity contribution in [2.45, 2.75) is 13.3 Å². The van der Waals surface area contributed by atoms with Crippen LogP contribution in [-0.2, 0) is 0 Å². The predicted molar refractivity (Wildman–Crippen MR) is 44.8 cm³/mol. The topological polar surface area (TPSA) is 20.2 Å².